The molecule has 0 spiro atoms. The smallest absolute Gasteiger partial charge is 0.260 e. The summed E-state index contributed by atoms with van der Waals surface area (Å²) in [6.07, 6.45) is 0.778. The van der Waals surface area contributed by atoms with Gasteiger partial charge in [0.1, 0.15) is 17.1 Å². The lowest BCUT2D eigenvalue weighted by atomic mass is 10.2. The van der Waals surface area contributed by atoms with Crippen LogP contribution >= 0.6 is 23.7 Å². The van der Waals surface area contributed by atoms with Gasteiger partial charge in [-0.05, 0) is 63.8 Å². The highest BCUT2D eigenvalue weighted by Gasteiger charge is 2.23. The minimum atomic E-state index is -0.430. The van der Waals surface area contributed by atoms with E-state index in [0.29, 0.717) is 23.0 Å². The Kier molecular flexibility index (Phi) is 7.96. The number of ether oxygens (including phenoxy) is 1. The summed E-state index contributed by atoms with van der Waals surface area (Å²) >= 11 is 1.45. The van der Waals surface area contributed by atoms with Crippen LogP contribution in [0.5, 0.6) is 5.75 Å². The number of hydrogen-bond donors (Lipinski definition) is 0. The number of aromatic nitrogens is 1. The molecule has 1 amide bonds. The summed E-state index contributed by atoms with van der Waals surface area (Å²) in [7, 11) is 5.59. The number of anilines is 1. The number of aryl methyl sites for hydroxylation is 1. The Morgan fingerprint density at radius 1 is 1.21 bits per heavy atom. The Morgan fingerprint density at radius 3 is 2.62 bits per heavy atom. The first-order valence-electron chi connectivity index (χ1n) is 9.07. The van der Waals surface area contributed by atoms with Crippen LogP contribution in [0, 0.1) is 12.7 Å². The number of carbonyl (C=O) groups excluding carboxylic acids is 1. The van der Waals surface area contributed by atoms with Crippen LogP contribution in [0.3, 0.4) is 0 Å². The molecule has 1 heterocycles. The highest BCUT2D eigenvalue weighted by molar-refractivity contribution is 7.22. The fraction of sp³-hybridized carbons (Fsp3) is 0.333. The molecule has 3 rings (SSSR count). The monoisotopic (exact) mass is 437 g/mol. The molecule has 156 valence electrons. The summed E-state index contributed by atoms with van der Waals surface area (Å²) < 4.78 is 20.1. The van der Waals surface area contributed by atoms with Crippen molar-refractivity contribution >= 4 is 45.0 Å². The van der Waals surface area contributed by atoms with Gasteiger partial charge >= 0.3 is 0 Å². The molecule has 0 aliphatic rings. The summed E-state index contributed by atoms with van der Waals surface area (Å²) in [6, 6.07) is 9.63. The van der Waals surface area contributed by atoms with Crippen molar-refractivity contribution in [3.63, 3.8) is 0 Å². The second-order valence-electron chi connectivity index (χ2n) is 6.88. The van der Waals surface area contributed by atoms with E-state index in [1.54, 1.807) is 24.1 Å². The Hall–Kier alpha value is -2.22. The van der Waals surface area contributed by atoms with Crippen LogP contribution in [0.2, 0.25) is 0 Å². The quantitative estimate of drug-likeness (QED) is 0.534. The van der Waals surface area contributed by atoms with Crippen LogP contribution in [0.25, 0.3) is 10.2 Å². The highest BCUT2D eigenvalue weighted by Crippen LogP contribution is 2.36. The lowest BCUT2D eigenvalue weighted by Gasteiger charge is -2.21. The molecule has 5 nitrogen and oxygen atoms in total. The first-order chi connectivity index (χ1) is 13.4. The highest BCUT2D eigenvalue weighted by atomic mass is 35.5. The molecule has 0 aliphatic heterocycles. The molecule has 0 fully saturated rings. The summed E-state index contributed by atoms with van der Waals surface area (Å²) in [4.78, 5) is 21.6. The van der Waals surface area contributed by atoms with Gasteiger partial charge in [-0.1, -0.05) is 23.5 Å². The van der Waals surface area contributed by atoms with Gasteiger partial charge in [-0.3, -0.25) is 9.69 Å². The van der Waals surface area contributed by atoms with Crippen molar-refractivity contribution < 1.29 is 13.9 Å². The molecule has 29 heavy (non-hydrogen) atoms. The fourth-order valence-electron chi connectivity index (χ4n) is 2.99. The van der Waals surface area contributed by atoms with Crippen LogP contribution < -0.4 is 9.64 Å². The number of carbonyl (C=O) groups is 1. The average Bonchev–Trinajstić information content (AvgIpc) is 3.11. The molecule has 1 aromatic heterocycles. The van der Waals surface area contributed by atoms with E-state index in [0.717, 1.165) is 28.7 Å². The number of benzene rings is 2. The van der Waals surface area contributed by atoms with Crippen molar-refractivity contribution in [3.05, 3.63) is 53.3 Å². The van der Waals surface area contributed by atoms with Gasteiger partial charge in [0.25, 0.3) is 5.91 Å². The zero-order chi connectivity index (χ0) is 20.3. The van der Waals surface area contributed by atoms with E-state index in [2.05, 4.69) is 4.90 Å². The lowest BCUT2D eigenvalue weighted by Crippen LogP contribution is -2.33. The molecule has 2 aromatic carbocycles. The number of rotatable bonds is 7. The Balaban J connectivity index is 0.00000300. The normalized spacial score (nSPS) is 10.8. The predicted octanol–water partition coefficient (Wildman–Crippen LogP) is 4.77. The van der Waals surface area contributed by atoms with Crippen molar-refractivity contribution in [1.82, 2.24) is 9.88 Å². The van der Waals surface area contributed by atoms with Crippen LogP contribution in [-0.2, 0) is 0 Å². The number of methoxy groups -OCH3 is 1. The first-order valence-corrected chi connectivity index (χ1v) is 9.88. The Labute approximate surface area is 180 Å². The summed E-state index contributed by atoms with van der Waals surface area (Å²) in [5, 5.41) is 0.593. The molecule has 0 aliphatic carbocycles. The SMILES string of the molecule is COc1ccc(C)c2sc(N(CCCN(C)C)C(=O)c3cccc(F)c3)nc12.Cl. The maximum atomic E-state index is 13.7. The molecule has 0 saturated carbocycles. The molecule has 0 atom stereocenters. The minimum absolute atomic E-state index is 0. The third-order valence-corrected chi connectivity index (χ3v) is 5.66. The zero-order valence-corrected chi connectivity index (χ0v) is 18.6. The number of amides is 1. The van der Waals surface area contributed by atoms with Gasteiger partial charge in [0.2, 0.25) is 0 Å². The van der Waals surface area contributed by atoms with Crippen LogP contribution in [0.15, 0.2) is 36.4 Å². The van der Waals surface area contributed by atoms with Gasteiger partial charge in [-0.25, -0.2) is 9.37 Å². The van der Waals surface area contributed by atoms with Crippen molar-refractivity contribution in [2.75, 3.05) is 39.2 Å². The van der Waals surface area contributed by atoms with E-state index in [1.807, 2.05) is 33.2 Å². The van der Waals surface area contributed by atoms with E-state index < -0.39 is 5.82 Å². The van der Waals surface area contributed by atoms with Crippen molar-refractivity contribution in [2.45, 2.75) is 13.3 Å². The molecule has 0 bridgehead atoms. The Bertz CT molecular complexity index is 993. The van der Waals surface area contributed by atoms with E-state index in [1.165, 1.54) is 23.5 Å². The third kappa shape index (κ3) is 5.23. The third-order valence-electron chi connectivity index (χ3n) is 4.45. The molecule has 3 aromatic rings. The average molecular weight is 438 g/mol. The Morgan fingerprint density at radius 2 is 1.97 bits per heavy atom. The second-order valence-corrected chi connectivity index (χ2v) is 7.86. The molecule has 8 heteroatoms. The van der Waals surface area contributed by atoms with E-state index >= 15 is 0 Å². The van der Waals surface area contributed by atoms with Crippen LogP contribution in [0.4, 0.5) is 9.52 Å². The molecule has 0 unspecified atom stereocenters. The topological polar surface area (TPSA) is 45.7 Å². The van der Waals surface area contributed by atoms with Gasteiger partial charge in [0, 0.05) is 12.1 Å². The number of thiazole rings is 1. The summed E-state index contributed by atoms with van der Waals surface area (Å²) in [5.74, 6) is -0.00983. The van der Waals surface area contributed by atoms with Crippen molar-refractivity contribution in [1.29, 1.82) is 0 Å². The van der Waals surface area contributed by atoms with Gasteiger partial charge in [0.05, 0.1) is 11.8 Å². The van der Waals surface area contributed by atoms with Crippen LogP contribution in [0.1, 0.15) is 22.3 Å². The van der Waals surface area contributed by atoms with E-state index in [9.17, 15) is 9.18 Å². The molecular weight excluding hydrogens is 413 g/mol. The van der Waals surface area contributed by atoms with Gasteiger partial charge in [-0.2, -0.15) is 0 Å². The van der Waals surface area contributed by atoms with Gasteiger partial charge < -0.3 is 9.64 Å². The van der Waals surface area contributed by atoms with Crippen molar-refractivity contribution in [3.8, 4) is 5.75 Å². The first kappa shape index (κ1) is 23.1. The number of halogens is 2. The maximum Gasteiger partial charge on any atom is 0.260 e. The van der Waals surface area contributed by atoms with E-state index in [-0.39, 0.29) is 18.3 Å². The predicted molar refractivity (Wildman–Crippen MR) is 119 cm³/mol. The summed E-state index contributed by atoms with van der Waals surface area (Å²) in [5.41, 5.74) is 2.13. The molecule has 0 radical (unpaired) electrons. The summed E-state index contributed by atoms with van der Waals surface area (Å²) in [6.45, 7) is 3.34. The molecule has 0 N–H and O–H groups in total. The molecular formula is C21H25ClFN3O2S. The standard InChI is InChI=1S/C21H24FN3O2S.ClH/c1-14-9-10-17(27-4)18-19(14)28-21(23-18)25(12-6-11-24(2)3)20(26)15-7-5-8-16(22)13-15;/h5,7-10,13H,6,11-12H2,1-4H3;1H. The fourth-order valence-corrected chi connectivity index (χ4v) is 4.06. The van der Waals surface area contributed by atoms with Gasteiger partial charge in [-0.15, -0.1) is 12.4 Å². The maximum absolute atomic E-state index is 13.7. The van der Waals surface area contributed by atoms with Gasteiger partial charge in [0.15, 0.2) is 5.13 Å². The number of nitrogens with zero attached hydrogens (tertiary/aromatic N) is 3. The zero-order valence-electron chi connectivity index (χ0n) is 16.9. The number of fused-ring (bicyclic) bond motifs is 1. The largest absolute Gasteiger partial charge is 0.494 e. The molecule has 0 saturated heterocycles. The minimum Gasteiger partial charge on any atom is -0.494 e. The van der Waals surface area contributed by atoms with E-state index in [4.69, 9.17) is 9.72 Å². The lowest BCUT2D eigenvalue weighted by molar-refractivity contribution is 0.0985. The van der Waals surface area contributed by atoms with Crippen molar-refractivity contribution in [2.24, 2.45) is 0 Å². The van der Waals surface area contributed by atoms with Crippen LogP contribution in [-0.4, -0.2) is 50.1 Å². The number of hydrogen-bond acceptors (Lipinski definition) is 5. The second kappa shape index (κ2) is 10.0.